The lowest BCUT2D eigenvalue weighted by molar-refractivity contribution is -0.139. The molecule has 2 rings (SSSR count). The first-order chi connectivity index (χ1) is 8.49. The van der Waals surface area contributed by atoms with Crippen LogP contribution in [0.4, 0.5) is 0 Å². The summed E-state index contributed by atoms with van der Waals surface area (Å²) >= 11 is 0. The van der Waals surface area contributed by atoms with Gasteiger partial charge in [0.15, 0.2) is 0 Å². The average Bonchev–Trinajstić information content (AvgIpc) is 2.60. The van der Waals surface area contributed by atoms with E-state index in [-0.39, 0.29) is 18.0 Å². The molecule has 0 bridgehead atoms. The highest BCUT2D eigenvalue weighted by molar-refractivity contribution is 5.90. The van der Waals surface area contributed by atoms with E-state index >= 15 is 0 Å². The summed E-state index contributed by atoms with van der Waals surface area (Å²) in [5, 5.41) is 9.92. The van der Waals surface area contributed by atoms with E-state index in [9.17, 15) is 9.90 Å². The molecule has 0 amide bonds. The number of aliphatic hydroxyl groups excluding tert-OH is 1. The van der Waals surface area contributed by atoms with Crippen LogP contribution in [-0.2, 0) is 9.53 Å². The second kappa shape index (κ2) is 5.11. The molecule has 0 aromatic rings. The van der Waals surface area contributed by atoms with Gasteiger partial charge in [0, 0.05) is 17.9 Å². The standard InChI is InChI=1S/C15H20O3/c1-9-4-6-13(16)10(2)5-7-14-12(8-9)11(3)15(17)18-14/h4-5,12-14,16H,3,6-8H2,1-2H3/b9-4+,10-5+/t12-,13-,14+/m0/s1. The van der Waals surface area contributed by atoms with Gasteiger partial charge in [0.25, 0.3) is 0 Å². The predicted octanol–water partition coefficient (Wildman–Crippen LogP) is 2.52. The molecule has 3 heteroatoms. The second-order valence-corrected chi connectivity index (χ2v) is 5.27. The Labute approximate surface area is 108 Å². The molecule has 1 N–H and O–H groups in total. The molecular formula is C15H20O3. The number of esters is 1. The number of rotatable bonds is 0. The highest BCUT2D eigenvalue weighted by atomic mass is 16.6. The summed E-state index contributed by atoms with van der Waals surface area (Å²) in [6.07, 6.45) is 5.53. The van der Waals surface area contributed by atoms with Crippen LogP contribution >= 0.6 is 0 Å². The number of fused-ring (bicyclic) bond motifs is 1. The number of carbonyl (C=O) groups is 1. The third kappa shape index (κ3) is 2.56. The molecule has 0 aromatic heterocycles. The van der Waals surface area contributed by atoms with E-state index < -0.39 is 6.10 Å². The van der Waals surface area contributed by atoms with Crippen molar-refractivity contribution in [1.29, 1.82) is 0 Å². The van der Waals surface area contributed by atoms with Crippen molar-refractivity contribution in [2.75, 3.05) is 0 Å². The molecule has 0 radical (unpaired) electrons. The van der Waals surface area contributed by atoms with Crippen LogP contribution in [0, 0.1) is 5.92 Å². The van der Waals surface area contributed by atoms with Crippen LogP contribution in [0.3, 0.4) is 0 Å². The Hall–Kier alpha value is -1.35. The molecule has 1 aliphatic heterocycles. The molecule has 1 heterocycles. The number of aliphatic hydroxyl groups is 1. The molecule has 0 unspecified atom stereocenters. The van der Waals surface area contributed by atoms with Crippen LogP contribution < -0.4 is 0 Å². The summed E-state index contributed by atoms with van der Waals surface area (Å²) in [7, 11) is 0. The molecule has 1 aliphatic carbocycles. The van der Waals surface area contributed by atoms with Gasteiger partial charge in [0.05, 0.1) is 6.10 Å². The summed E-state index contributed by atoms with van der Waals surface area (Å²) in [6.45, 7) is 7.78. The van der Waals surface area contributed by atoms with Crippen LogP contribution in [0.15, 0.2) is 35.5 Å². The van der Waals surface area contributed by atoms with E-state index in [1.807, 2.05) is 26.0 Å². The Morgan fingerprint density at radius 1 is 1.33 bits per heavy atom. The molecule has 0 spiro atoms. The summed E-state index contributed by atoms with van der Waals surface area (Å²) in [6, 6.07) is 0. The van der Waals surface area contributed by atoms with E-state index in [1.54, 1.807) is 0 Å². The van der Waals surface area contributed by atoms with Gasteiger partial charge in [-0.25, -0.2) is 4.79 Å². The van der Waals surface area contributed by atoms with Gasteiger partial charge in [-0.15, -0.1) is 0 Å². The Balaban J connectivity index is 2.27. The lowest BCUT2D eigenvalue weighted by Crippen LogP contribution is -2.18. The summed E-state index contributed by atoms with van der Waals surface area (Å²) < 4.78 is 5.35. The van der Waals surface area contributed by atoms with Gasteiger partial charge in [0.2, 0.25) is 0 Å². The molecule has 98 valence electrons. The van der Waals surface area contributed by atoms with Gasteiger partial charge >= 0.3 is 5.97 Å². The van der Waals surface area contributed by atoms with Gasteiger partial charge in [-0.1, -0.05) is 24.3 Å². The minimum atomic E-state index is -0.434. The normalized spacial score (nSPS) is 39.2. The predicted molar refractivity (Wildman–Crippen MR) is 69.9 cm³/mol. The van der Waals surface area contributed by atoms with Gasteiger partial charge in [-0.05, 0) is 32.3 Å². The van der Waals surface area contributed by atoms with Crippen molar-refractivity contribution in [2.45, 2.75) is 45.3 Å². The summed E-state index contributed by atoms with van der Waals surface area (Å²) in [4.78, 5) is 11.6. The van der Waals surface area contributed by atoms with Crippen molar-refractivity contribution >= 4 is 5.97 Å². The minimum absolute atomic E-state index is 0.0769. The van der Waals surface area contributed by atoms with Crippen LogP contribution in [0.1, 0.15) is 33.1 Å². The molecule has 1 fully saturated rings. The maximum Gasteiger partial charge on any atom is 0.334 e. The van der Waals surface area contributed by atoms with E-state index in [0.717, 1.165) is 12.0 Å². The van der Waals surface area contributed by atoms with Crippen molar-refractivity contribution in [2.24, 2.45) is 5.92 Å². The van der Waals surface area contributed by atoms with Crippen molar-refractivity contribution in [3.05, 3.63) is 35.5 Å². The highest BCUT2D eigenvalue weighted by Gasteiger charge is 2.37. The van der Waals surface area contributed by atoms with Crippen LogP contribution in [0.25, 0.3) is 0 Å². The van der Waals surface area contributed by atoms with Gasteiger partial charge < -0.3 is 9.84 Å². The fraction of sp³-hybridized carbons (Fsp3) is 0.533. The topological polar surface area (TPSA) is 46.5 Å². The molecule has 3 nitrogen and oxygen atoms in total. The average molecular weight is 248 g/mol. The Kier molecular flexibility index (Phi) is 3.71. The number of carbonyl (C=O) groups excluding carboxylic acids is 1. The van der Waals surface area contributed by atoms with Gasteiger partial charge in [-0.2, -0.15) is 0 Å². The van der Waals surface area contributed by atoms with Crippen molar-refractivity contribution in [1.82, 2.24) is 0 Å². The van der Waals surface area contributed by atoms with Crippen LogP contribution in [0.5, 0.6) is 0 Å². The highest BCUT2D eigenvalue weighted by Crippen LogP contribution is 2.34. The molecule has 0 saturated carbocycles. The monoisotopic (exact) mass is 248 g/mol. The lowest BCUT2D eigenvalue weighted by Gasteiger charge is -2.20. The minimum Gasteiger partial charge on any atom is -0.458 e. The van der Waals surface area contributed by atoms with E-state index in [1.165, 1.54) is 5.57 Å². The van der Waals surface area contributed by atoms with Crippen molar-refractivity contribution in [3.63, 3.8) is 0 Å². The van der Waals surface area contributed by atoms with Crippen LogP contribution in [0.2, 0.25) is 0 Å². The maximum atomic E-state index is 11.6. The van der Waals surface area contributed by atoms with Gasteiger partial charge in [-0.3, -0.25) is 0 Å². The summed E-state index contributed by atoms with van der Waals surface area (Å²) in [5.41, 5.74) is 2.70. The molecule has 18 heavy (non-hydrogen) atoms. The fourth-order valence-corrected chi connectivity index (χ4v) is 2.51. The first kappa shape index (κ1) is 13.1. The molecular weight excluding hydrogens is 228 g/mol. The smallest absolute Gasteiger partial charge is 0.334 e. The largest absolute Gasteiger partial charge is 0.458 e. The zero-order valence-electron chi connectivity index (χ0n) is 11.0. The molecule has 0 aromatic carbocycles. The first-order valence-electron chi connectivity index (χ1n) is 6.39. The SMILES string of the molecule is C=C1C(=O)O[C@@H]2C/C=C(\C)[C@@H](O)C/C=C(\C)C[C@@H]12. The number of ether oxygens (including phenoxy) is 1. The zero-order valence-corrected chi connectivity index (χ0v) is 11.0. The third-order valence-electron chi connectivity index (χ3n) is 3.85. The molecule has 3 atom stereocenters. The fourth-order valence-electron chi connectivity index (χ4n) is 2.51. The van der Waals surface area contributed by atoms with Crippen molar-refractivity contribution in [3.8, 4) is 0 Å². The second-order valence-electron chi connectivity index (χ2n) is 5.27. The Morgan fingerprint density at radius 3 is 2.78 bits per heavy atom. The van der Waals surface area contributed by atoms with Gasteiger partial charge in [0.1, 0.15) is 6.10 Å². The van der Waals surface area contributed by atoms with Crippen LogP contribution in [-0.4, -0.2) is 23.3 Å². The Bertz CT molecular complexity index is 431. The van der Waals surface area contributed by atoms with E-state index in [2.05, 4.69) is 6.58 Å². The molecule has 1 saturated heterocycles. The van der Waals surface area contributed by atoms with E-state index in [4.69, 9.17) is 4.74 Å². The van der Waals surface area contributed by atoms with Crippen molar-refractivity contribution < 1.29 is 14.6 Å². The number of hydrogen-bond acceptors (Lipinski definition) is 3. The Morgan fingerprint density at radius 2 is 2.06 bits per heavy atom. The number of allylic oxidation sites excluding steroid dienone is 1. The zero-order chi connectivity index (χ0) is 13.3. The lowest BCUT2D eigenvalue weighted by atomic mass is 9.87. The first-order valence-corrected chi connectivity index (χ1v) is 6.39. The quantitative estimate of drug-likeness (QED) is 0.407. The maximum absolute atomic E-state index is 11.6. The van der Waals surface area contributed by atoms with E-state index in [0.29, 0.717) is 18.4 Å². The summed E-state index contributed by atoms with van der Waals surface area (Å²) in [5.74, 6) is -0.198. The molecule has 2 aliphatic rings. The number of hydrogen-bond donors (Lipinski definition) is 1. The third-order valence-corrected chi connectivity index (χ3v) is 3.85.